The molecule has 1 rings (SSSR count). The lowest BCUT2D eigenvalue weighted by Gasteiger charge is -2.40. The van der Waals surface area contributed by atoms with Gasteiger partial charge in [0.2, 0.25) is 5.91 Å². The SMILES string of the molecule is CCCCCCCCCCCCC/C=C/[C@@H](O)[C@H](CO[C@@H]1O[C@H](CO)[C@H](O)[C@H](O)C1O)NC(=O)CCCCCCCCCCCCCCCCCCCCCCC. The highest BCUT2D eigenvalue weighted by molar-refractivity contribution is 5.76. The lowest BCUT2D eigenvalue weighted by molar-refractivity contribution is -0.302. The quantitative estimate of drug-likeness (QED) is 0.0264. The first kappa shape index (κ1) is 53.9. The molecule has 7 atom stereocenters. The fraction of sp³-hybridized carbons (Fsp3) is 0.938. The Hall–Kier alpha value is -1.07. The molecule has 1 amide bonds. The van der Waals surface area contributed by atoms with Crippen molar-refractivity contribution in [1.82, 2.24) is 5.32 Å². The molecule has 0 bridgehead atoms. The second-order valence-corrected chi connectivity index (χ2v) is 17.3. The number of hydrogen-bond acceptors (Lipinski definition) is 8. The molecule has 0 aromatic heterocycles. The Kier molecular flexibility index (Phi) is 37.0. The van der Waals surface area contributed by atoms with Gasteiger partial charge in [-0.1, -0.05) is 219 Å². The summed E-state index contributed by atoms with van der Waals surface area (Å²) in [5.41, 5.74) is 0. The van der Waals surface area contributed by atoms with E-state index in [1.54, 1.807) is 6.08 Å². The Bertz CT molecular complexity index is 904. The first-order valence-corrected chi connectivity index (χ1v) is 24.4. The molecule has 57 heavy (non-hydrogen) atoms. The molecule has 9 heteroatoms. The topological polar surface area (TPSA) is 149 Å². The van der Waals surface area contributed by atoms with Crippen molar-refractivity contribution in [3.63, 3.8) is 0 Å². The van der Waals surface area contributed by atoms with Crippen LogP contribution in [0.15, 0.2) is 12.2 Å². The summed E-state index contributed by atoms with van der Waals surface area (Å²) in [6.45, 7) is 3.79. The maximum absolute atomic E-state index is 13.0. The number of carbonyl (C=O) groups excluding carboxylic acids is 1. The van der Waals surface area contributed by atoms with Crippen molar-refractivity contribution in [1.29, 1.82) is 0 Å². The number of nitrogens with one attached hydrogen (secondary N) is 1. The third-order valence-electron chi connectivity index (χ3n) is 11.9. The van der Waals surface area contributed by atoms with Crippen LogP contribution in [0.3, 0.4) is 0 Å². The zero-order valence-corrected chi connectivity index (χ0v) is 37.1. The van der Waals surface area contributed by atoms with Gasteiger partial charge in [-0.25, -0.2) is 0 Å². The Morgan fingerprint density at radius 1 is 0.579 bits per heavy atom. The van der Waals surface area contributed by atoms with Gasteiger partial charge in [-0.2, -0.15) is 0 Å². The minimum Gasteiger partial charge on any atom is -0.394 e. The van der Waals surface area contributed by atoms with Crippen LogP contribution in [0.1, 0.15) is 232 Å². The third-order valence-corrected chi connectivity index (χ3v) is 11.9. The van der Waals surface area contributed by atoms with Gasteiger partial charge in [-0.05, 0) is 19.3 Å². The summed E-state index contributed by atoms with van der Waals surface area (Å²) in [6, 6.07) is -0.798. The van der Waals surface area contributed by atoms with Crippen molar-refractivity contribution in [2.45, 2.75) is 275 Å². The molecular weight excluding hydrogens is 719 g/mol. The van der Waals surface area contributed by atoms with Crippen LogP contribution in [-0.4, -0.2) is 87.5 Å². The maximum atomic E-state index is 13.0. The van der Waals surface area contributed by atoms with Crippen LogP contribution in [0.25, 0.3) is 0 Å². The van der Waals surface area contributed by atoms with Crippen molar-refractivity contribution < 1.29 is 39.8 Å². The highest BCUT2D eigenvalue weighted by Gasteiger charge is 2.44. The number of aliphatic hydroxyl groups is 5. The zero-order valence-electron chi connectivity index (χ0n) is 37.1. The van der Waals surface area contributed by atoms with E-state index >= 15 is 0 Å². The van der Waals surface area contributed by atoms with E-state index in [4.69, 9.17) is 9.47 Å². The van der Waals surface area contributed by atoms with Gasteiger partial charge in [0.15, 0.2) is 6.29 Å². The van der Waals surface area contributed by atoms with Crippen LogP contribution < -0.4 is 5.32 Å². The number of hydrogen-bond donors (Lipinski definition) is 6. The number of amides is 1. The largest absolute Gasteiger partial charge is 0.394 e. The Morgan fingerprint density at radius 3 is 1.37 bits per heavy atom. The molecule has 0 aromatic carbocycles. The van der Waals surface area contributed by atoms with E-state index in [1.165, 1.54) is 173 Å². The molecule has 0 radical (unpaired) electrons. The van der Waals surface area contributed by atoms with Gasteiger partial charge in [0.25, 0.3) is 0 Å². The predicted octanol–water partition coefficient (Wildman–Crippen LogP) is 10.5. The van der Waals surface area contributed by atoms with Crippen LogP contribution >= 0.6 is 0 Å². The molecule has 0 aromatic rings. The van der Waals surface area contributed by atoms with E-state index < -0.39 is 49.5 Å². The highest BCUT2D eigenvalue weighted by Crippen LogP contribution is 2.23. The number of aliphatic hydroxyl groups excluding tert-OH is 5. The van der Waals surface area contributed by atoms with Crippen LogP contribution in [0, 0.1) is 0 Å². The predicted molar refractivity (Wildman–Crippen MR) is 235 cm³/mol. The van der Waals surface area contributed by atoms with E-state index in [9.17, 15) is 30.3 Å². The van der Waals surface area contributed by atoms with Gasteiger partial charge < -0.3 is 40.3 Å². The normalized spacial score (nSPS) is 21.0. The molecule has 0 saturated carbocycles. The Balaban J connectivity index is 2.27. The van der Waals surface area contributed by atoms with Crippen molar-refractivity contribution in [2.75, 3.05) is 13.2 Å². The van der Waals surface area contributed by atoms with Crippen LogP contribution in [0.5, 0.6) is 0 Å². The number of allylic oxidation sites excluding steroid dienone is 1. The molecule has 1 aliphatic heterocycles. The lowest BCUT2D eigenvalue weighted by atomic mass is 9.99. The van der Waals surface area contributed by atoms with Crippen LogP contribution in [0.4, 0.5) is 0 Å². The zero-order chi connectivity index (χ0) is 41.6. The highest BCUT2D eigenvalue weighted by atomic mass is 16.7. The van der Waals surface area contributed by atoms with Gasteiger partial charge in [0, 0.05) is 6.42 Å². The first-order chi connectivity index (χ1) is 27.8. The molecule has 1 heterocycles. The van der Waals surface area contributed by atoms with E-state index in [1.807, 2.05) is 6.08 Å². The summed E-state index contributed by atoms with van der Waals surface area (Å²) in [5, 5.41) is 54.2. The maximum Gasteiger partial charge on any atom is 0.220 e. The van der Waals surface area contributed by atoms with Crippen LogP contribution in [0.2, 0.25) is 0 Å². The molecular formula is C48H93NO8. The fourth-order valence-electron chi connectivity index (χ4n) is 7.92. The van der Waals surface area contributed by atoms with E-state index in [2.05, 4.69) is 19.2 Å². The molecule has 1 saturated heterocycles. The number of unbranched alkanes of at least 4 members (excludes halogenated alkanes) is 31. The van der Waals surface area contributed by atoms with Gasteiger partial charge in [0.05, 0.1) is 25.4 Å². The van der Waals surface area contributed by atoms with Crippen molar-refractivity contribution in [3.8, 4) is 0 Å². The lowest BCUT2D eigenvalue weighted by Crippen LogP contribution is -2.60. The third kappa shape index (κ3) is 29.7. The van der Waals surface area contributed by atoms with Gasteiger partial charge >= 0.3 is 0 Å². The second-order valence-electron chi connectivity index (χ2n) is 17.3. The van der Waals surface area contributed by atoms with Gasteiger partial charge in [-0.3, -0.25) is 4.79 Å². The summed E-state index contributed by atoms with van der Waals surface area (Å²) in [7, 11) is 0. The molecule has 6 N–H and O–H groups in total. The average Bonchev–Trinajstić information content (AvgIpc) is 3.21. The summed E-state index contributed by atoms with van der Waals surface area (Å²) in [5.74, 6) is -0.173. The molecule has 0 aliphatic carbocycles. The van der Waals surface area contributed by atoms with Gasteiger partial charge in [0.1, 0.15) is 24.4 Å². The minimum atomic E-state index is -1.56. The van der Waals surface area contributed by atoms with E-state index in [-0.39, 0.29) is 12.5 Å². The Labute approximate surface area is 350 Å². The number of carbonyl (C=O) groups is 1. The van der Waals surface area contributed by atoms with E-state index in [0.717, 1.165) is 38.5 Å². The van der Waals surface area contributed by atoms with Crippen molar-refractivity contribution in [2.24, 2.45) is 0 Å². The molecule has 338 valence electrons. The molecule has 1 fully saturated rings. The van der Waals surface area contributed by atoms with Gasteiger partial charge in [-0.15, -0.1) is 0 Å². The molecule has 9 nitrogen and oxygen atoms in total. The number of ether oxygens (including phenoxy) is 2. The summed E-state index contributed by atoms with van der Waals surface area (Å²) in [4.78, 5) is 13.0. The smallest absolute Gasteiger partial charge is 0.220 e. The van der Waals surface area contributed by atoms with E-state index in [0.29, 0.717) is 6.42 Å². The average molecular weight is 812 g/mol. The second kappa shape index (κ2) is 39.1. The molecule has 1 unspecified atom stereocenters. The van der Waals surface area contributed by atoms with Crippen molar-refractivity contribution in [3.05, 3.63) is 12.2 Å². The fourth-order valence-corrected chi connectivity index (χ4v) is 7.92. The summed E-state index contributed by atoms with van der Waals surface area (Å²) < 4.78 is 11.2. The summed E-state index contributed by atoms with van der Waals surface area (Å²) in [6.07, 6.45) is 38.3. The van der Waals surface area contributed by atoms with Crippen LogP contribution in [-0.2, 0) is 14.3 Å². The molecule has 0 spiro atoms. The van der Waals surface area contributed by atoms with Crippen molar-refractivity contribution >= 4 is 5.91 Å². The number of rotatable bonds is 41. The monoisotopic (exact) mass is 812 g/mol. The minimum absolute atomic E-state index is 0.173. The first-order valence-electron chi connectivity index (χ1n) is 24.4. The Morgan fingerprint density at radius 2 is 0.965 bits per heavy atom. The molecule has 1 aliphatic rings. The summed E-state index contributed by atoms with van der Waals surface area (Å²) >= 11 is 0. The standard InChI is InChI=1S/C48H93NO8/c1-3-5-7-9-11-13-15-17-18-19-20-21-22-23-24-26-28-30-32-34-36-38-44(52)49-41(40-56-48-47(55)46(54)45(53)43(39-50)57-48)42(51)37-35-33-31-29-27-25-16-14-12-10-8-6-4-2/h35,37,41-43,45-48,50-51,53-55H,3-34,36,38-40H2,1-2H3,(H,49,52)/b37-35+/t41-,42+,43+,45-,46-,47?,48+/m0/s1.